The van der Waals surface area contributed by atoms with Crippen LogP contribution in [0.15, 0.2) is 67.0 Å². The van der Waals surface area contributed by atoms with Crippen molar-refractivity contribution in [2.24, 2.45) is 5.41 Å². The molecule has 3 aliphatic rings. The van der Waals surface area contributed by atoms with E-state index in [0.717, 1.165) is 66.2 Å². The zero-order valence-corrected chi connectivity index (χ0v) is 19.5. The van der Waals surface area contributed by atoms with Gasteiger partial charge in [0.05, 0.1) is 5.41 Å². The lowest BCUT2D eigenvalue weighted by molar-refractivity contribution is -0.151. The van der Waals surface area contributed by atoms with E-state index in [0.29, 0.717) is 18.7 Å². The van der Waals surface area contributed by atoms with Gasteiger partial charge in [-0.25, -0.2) is 9.97 Å². The number of nitrogens with two attached hydrogens (primary N) is 1. The van der Waals surface area contributed by atoms with Crippen LogP contribution in [-0.4, -0.2) is 25.4 Å². The number of aliphatic carboxylic acids is 1. The first kappa shape index (κ1) is 21.6. The van der Waals surface area contributed by atoms with Crippen LogP contribution >= 0.6 is 0 Å². The van der Waals surface area contributed by atoms with Crippen molar-refractivity contribution in [3.8, 4) is 22.8 Å². The number of aromatic nitrogens is 3. The van der Waals surface area contributed by atoms with E-state index in [1.54, 1.807) is 6.20 Å². The number of para-hydroxylation sites is 1. The summed E-state index contributed by atoms with van der Waals surface area (Å²) in [7, 11) is 0. The minimum atomic E-state index is -0.645. The third kappa shape index (κ3) is 3.53. The van der Waals surface area contributed by atoms with Crippen molar-refractivity contribution in [2.75, 3.05) is 5.73 Å². The average Bonchev–Trinajstić information content (AvgIpc) is 3.05. The predicted octanol–water partition coefficient (Wildman–Crippen LogP) is 5.84. The Morgan fingerprint density at radius 3 is 2.37 bits per heavy atom. The molecule has 2 aromatic heterocycles. The average molecular weight is 469 g/mol. The fourth-order valence-electron chi connectivity index (χ4n) is 6.07. The lowest BCUT2D eigenvalue weighted by Gasteiger charge is -2.39. The van der Waals surface area contributed by atoms with E-state index >= 15 is 0 Å². The summed E-state index contributed by atoms with van der Waals surface area (Å²) in [5.41, 5.74) is 8.19. The van der Waals surface area contributed by atoms with Crippen LogP contribution in [0.2, 0.25) is 0 Å². The molecule has 3 N–H and O–H groups in total. The molecule has 0 spiro atoms. The molecule has 7 rings (SSSR count). The lowest BCUT2D eigenvalue weighted by Crippen LogP contribution is -2.39. The number of nitrogen functional groups attached to an aromatic ring is 1. The Labute approximate surface area is 203 Å². The molecule has 0 aliphatic heterocycles. The van der Waals surface area contributed by atoms with E-state index in [9.17, 15) is 9.90 Å². The monoisotopic (exact) mass is 468 g/mol. The third-order valence-electron chi connectivity index (χ3n) is 8.09. The number of nitrogens with zero attached hydrogens (tertiary/aromatic N) is 3. The zero-order chi connectivity index (χ0) is 24.0. The van der Waals surface area contributed by atoms with Crippen molar-refractivity contribution in [3.05, 3.63) is 72.8 Å². The molecular formula is C28H28N4O3. The van der Waals surface area contributed by atoms with Crippen LogP contribution in [0.5, 0.6) is 11.5 Å². The van der Waals surface area contributed by atoms with Crippen LogP contribution in [0.25, 0.3) is 16.8 Å². The molecule has 0 saturated heterocycles. The van der Waals surface area contributed by atoms with Crippen LogP contribution in [0.3, 0.4) is 0 Å². The number of hydrogen-bond donors (Lipinski definition) is 2. The van der Waals surface area contributed by atoms with Crippen LogP contribution in [0, 0.1) is 5.41 Å². The highest BCUT2D eigenvalue weighted by Crippen LogP contribution is 2.55. The largest absolute Gasteiger partial charge is 0.481 e. The summed E-state index contributed by atoms with van der Waals surface area (Å²) in [6, 6.07) is 17.5. The second-order valence-corrected chi connectivity index (χ2v) is 9.97. The standard InChI is InChI=1S/C28H28N4O3/c29-24-23-22(19-7-9-21(10-8-19)35-20-5-2-1-3-6-20)31-25(32(23)18-17-30-24)27-11-4-12-28(15-13-27,16-14-27)26(33)34/h1-3,5-10,17-18H,4,11-16H2,(H2,29,30)(H,33,34). The van der Waals surface area contributed by atoms with Gasteiger partial charge >= 0.3 is 5.97 Å². The minimum Gasteiger partial charge on any atom is -0.481 e. The van der Waals surface area contributed by atoms with Gasteiger partial charge in [-0.2, -0.15) is 0 Å². The normalized spacial score (nSPS) is 23.8. The summed E-state index contributed by atoms with van der Waals surface area (Å²) in [6.45, 7) is 0. The molecule has 35 heavy (non-hydrogen) atoms. The Hall–Kier alpha value is -3.87. The Morgan fingerprint density at radius 2 is 1.66 bits per heavy atom. The van der Waals surface area contributed by atoms with Gasteiger partial charge in [0.25, 0.3) is 0 Å². The molecular weight excluding hydrogens is 440 g/mol. The van der Waals surface area contributed by atoms with Crippen molar-refractivity contribution in [1.82, 2.24) is 14.4 Å². The van der Waals surface area contributed by atoms with Gasteiger partial charge in [0.15, 0.2) is 0 Å². The van der Waals surface area contributed by atoms with E-state index in [1.807, 2.05) is 60.8 Å². The van der Waals surface area contributed by atoms with Crippen molar-refractivity contribution in [2.45, 2.75) is 50.4 Å². The van der Waals surface area contributed by atoms with E-state index in [1.165, 1.54) is 0 Å². The van der Waals surface area contributed by atoms with Crippen molar-refractivity contribution >= 4 is 17.3 Å². The molecule has 178 valence electrons. The predicted molar refractivity (Wildman–Crippen MR) is 133 cm³/mol. The summed E-state index contributed by atoms with van der Waals surface area (Å²) in [4.78, 5) is 21.6. The SMILES string of the molecule is Nc1nccn2c(C34CCCC(C(=O)O)(CC3)CC4)nc(-c3ccc(Oc4ccccc4)cc3)c12. The molecule has 0 atom stereocenters. The highest BCUT2D eigenvalue weighted by atomic mass is 16.5. The highest BCUT2D eigenvalue weighted by Gasteiger charge is 2.52. The van der Waals surface area contributed by atoms with Crippen molar-refractivity contribution in [1.29, 1.82) is 0 Å². The topological polar surface area (TPSA) is 103 Å². The number of carbonyl (C=O) groups is 1. The Balaban J connectivity index is 1.40. The number of anilines is 1. The fourth-order valence-corrected chi connectivity index (χ4v) is 6.07. The van der Waals surface area contributed by atoms with Gasteiger partial charge in [0.2, 0.25) is 0 Å². The second-order valence-electron chi connectivity index (χ2n) is 9.97. The number of imidazole rings is 1. The molecule has 0 radical (unpaired) electrons. The van der Waals surface area contributed by atoms with Crippen molar-refractivity contribution in [3.63, 3.8) is 0 Å². The summed E-state index contributed by atoms with van der Waals surface area (Å²) in [5, 5.41) is 9.91. The molecule has 2 bridgehead atoms. The third-order valence-corrected chi connectivity index (χ3v) is 8.09. The maximum atomic E-state index is 12.1. The first-order chi connectivity index (χ1) is 17.0. The number of benzene rings is 2. The molecule has 3 saturated carbocycles. The van der Waals surface area contributed by atoms with E-state index in [4.69, 9.17) is 15.5 Å². The zero-order valence-electron chi connectivity index (χ0n) is 19.5. The molecule has 7 heteroatoms. The molecule has 2 heterocycles. The van der Waals surface area contributed by atoms with Gasteiger partial charge in [0.1, 0.15) is 34.4 Å². The van der Waals surface area contributed by atoms with E-state index in [-0.39, 0.29) is 5.41 Å². The summed E-state index contributed by atoms with van der Waals surface area (Å²) in [6.07, 6.45) is 9.25. The molecule has 0 unspecified atom stereocenters. The molecule has 2 aromatic carbocycles. The van der Waals surface area contributed by atoms with Crippen LogP contribution in [-0.2, 0) is 10.2 Å². The summed E-state index contributed by atoms with van der Waals surface area (Å²) in [5.74, 6) is 2.29. The van der Waals surface area contributed by atoms with Gasteiger partial charge in [-0.3, -0.25) is 9.20 Å². The van der Waals surface area contributed by atoms with Gasteiger partial charge in [0, 0.05) is 23.4 Å². The first-order valence-corrected chi connectivity index (χ1v) is 12.2. The molecule has 3 aliphatic carbocycles. The maximum Gasteiger partial charge on any atom is 0.309 e. The Bertz CT molecular complexity index is 1390. The van der Waals surface area contributed by atoms with Crippen LogP contribution < -0.4 is 10.5 Å². The molecule has 4 aromatic rings. The van der Waals surface area contributed by atoms with Crippen LogP contribution in [0.4, 0.5) is 5.82 Å². The summed E-state index contributed by atoms with van der Waals surface area (Å²) >= 11 is 0. The van der Waals surface area contributed by atoms with Gasteiger partial charge in [-0.05, 0) is 74.9 Å². The Morgan fingerprint density at radius 1 is 0.943 bits per heavy atom. The fraction of sp³-hybridized carbons (Fsp3) is 0.321. The van der Waals surface area contributed by atoms with Gasteiger partial charge in [-0.15, -0.1) is 0 Å². The van der Waals surface area contributed by atoms with Crippen molar-refractivity contribution < 1.29 is 14.6 Å². The van der Waals surface area contributed by atoms with Gasteiger partial charge < -0.3 is 15.6 Å². The molecule has 0 amide bonds. The van der Waals surface area contributed by atoms with E-state index in [2.05, 4.69) is 9.38 Å². The number of rotatable bonds is 5. The lowest BCUT2D eigenvalue weighted by atomic mass is 9.65. The first-order valence-electron chi connectivity index (χ1n) is 12.2. The van der Waals surface area contributed by atoms with Gasteiger partial charge in [-0.1, -0.05) is 24.6 Å². The smallest absolute Gasteiger partial charge is 0.309 e. The number of carboxylic acids is 1. The number of ether oxygens (including phenoxy) is 1. The molecule has 7 nitrogen and oxygen atoms in total. The molecule has 3 fully saturated rings. The quantitative estimate of drug-likeness (QED) is 0.382. The van der Waals surface area contributed by atoms with E-state index < -0.39 is 11.4 Å². The maximum absolute atomic E-state index is 12.1. The number of hydrogen-bond acceptors (Lipinski definition) is 5. The minimum absolute atomic E-state index is 0.152. The number of fused-ring (bicyclic) bond motifs is 5. The van der Waals surface area contributed by atoms with Crippen LogP contribution in [0.1, 0.15) is 50.8 Å². The highest BCUT2D eigenvalue weighted by molar-refractivity contribution is 5.85. The Kier molecular flexibility index (Phi) is 5.02. The second kappa shape index (κ2) is 8.12. The summed E-state index contributed by atoms with van der Waals surface area (Å²) < 4.78 is 8.04. The number of carboxylic acid groups (broad SMARTS) is 1.